The van der Waals surface area contributed by atoms with Gasteiger partial charge in [-0.25, -0.2) is 0 Å². The third kappa shape index (κ3) is 2.56. The average molecular weight is 195 g/mol. The van der Waals surface area contributed by atoms with E-state index < -0.39 is 11.9 Å². The van der Waals surface area contributed by atoms with Crippen molar-refractivity contribution in [1.82, 2.24) is 0 Å². The minimum absolute atomic E-state index is 0.445. The molecule has 4 heteroatoms. The van der Waals surface area contributed by atoms with Crippen molar-refractivity contribution in [2.45, 2.75) is 6.42 Å². The Hall–Kier alpha value is -1.34. The van der Waals surface area contributed by atoms with Gasteiger partial charge in [0.15, 0.2) is 0 Å². The van der Waals surface area contributed by atoms with E-state index in [-0.39, 0.29) is 0 Å². The van der Waals surface area contributed by atoms with E-state index in [4.69, 9.17) is 5.26 Å². The van der Waals surface area contributed by atoms with Gasteiger partial charge in [0, 0.05) is 11.3 Å². The van der Waals surface area contributed by atoms with E-state index in [1.165, 1.54) is 18.4 Å². The first-order chi connectivity index (χ1) is 6.27. The second kappa shape index (κ2) is 4.63. The zero-order valence-electron chi connectivity index (χ0n) is 7.19. The Morgan fingerprint density at radius 1 is 1.85 bits per heavy atom. The van der Waals surface area contributed by atoms with Crippen LogP contribution in [0.25, 0.3) is 0 Å². The number of hydrogen-bond donors (Lipinski definition) is 0. The molecule has 13 heavy (non-hydrogen) atoms. The summed E-state index contributed by atoms with van der Waals surface area (Å²) in [6, 6.07) is 5.72. The number of methoxy groups -OCH3 is 1. The van der Waals surface area contributed by atoms with Gasteiger partial charge in [0.25, 0.3) is 0 Å². The summed E-state index contributed by atoms with van der Waals surface area (Å²) in [5.74, 6) is -1.14. The van der Waals surface area contributed by atoms with Crippen LogP contribution in [0.2, 0.25) is 0 Å². The molecule has 1 atom stereocenters. The third-order valence-corrected chi connectivity index (χ3v) is 2.53. The van der Waals surface area contributed by atoms with Gasteiger partial charge >= 0.3 is 5.97 Å². The van der Waals surface area contributed by atoms with Gasteiger partial charge in [-0.15, -0.1) is 11.3 Å². The van der Waals surface area contributed by atoms with Crippen molar-refractivity contribution in [3.8, 4) is 6.07 Å². The average Bonchev–Trinajstić information content (AvgIpc) is 2.65. The number of carbonyl (C=O) groups is 1. The highest BCUT2D eigenvalue weighted by atomic mass is 32.1. The number of ether oxygens (including phenoxy) is 1. The molecule has 0 spiro atoms. The second-order valence-electron chi connectivity index (χ2n) is 2.49. The quantitative estimate of drug-likeness (QED) is 0.688. The van der Waals surface area contributed by atoms with Gasteiger partial charge in [0.05, 0.1) is 13.2 Å². The molecule has 0 fully saturated rings. The van der Waals surface area contributed by atoms with Crippen LogP contribution in [0.3, 0.4) is 0 Å². The molecule has 3 nitrogen and oxygen atoms in total. The number of nitrogens with zero attached hydrogens (tertiary/aromatic N) is 1. The maximum absolute atomic E-state index is 11.0. The molecular weight excluding hydrogens is 186 g/mol. The van der Waals surface area contributed by atoms with Crippen molar-refractivity contribution >= 4 is 17.3 Å². The maximum Gasteiger partial charge on any atom is 0.323 e. The molecule has 1 heterocycles. The Labute approximate surface area is 80.6 Å². The highest BCUT2D eigenvalue weighted by molar-refractivity contribution is 7.09. The lowest BCUT2D eigenvalue weighted by Gasteiger charge is -2.03. The van der Waals surface area contributed by atoms with Crippen LogP contribution in [-0.2, 0) is 16.0 Å². The third-order valence-electron chi connectivity index (χ3n) is 1.63. The molecule has 0 saturated heterocycles. The smallest absolute Gasteiger partial charge is 0.323 e. The molecule has 0 N–H and O–H groups in total. The number of carbonyl (C=O) groups excluding carboxylic acids is 1. The fourth-order valence-electron chi connectivity index (χ4n) is 0.954. The normalized spacial score (nSPS) is 11.7. The van der Waals surface area contributed by atoms with Crippen LogP contribution in [0.15, 0.2) is 17.5 Å². The Balaban J connectivity index is 2.61. The van der Waals surface area contributed by atoms with Crippen LogP contribution >= 0.6 is 11.3 Å². The van der Waals surface area contributed by atoms with E-state index in [9.17, 15) is 4.79 Å². The van der Waals surface area contributed by atoms with Crippen molar-refractivity contribution in [3.05, 3.63) is 22.4 Å². The van der Waals surface area contributed by atoms with Crippen LogP contribution in [-0.4, -0.2) is 13.1 Å². The molecule has 0 bridgehead atoms. The topological polar surface area (TPSA) is 50.1 Å². The molecule has 0 saturated carbocycles. The van der Waals surface area contributed by atoms with Crippen molar-refractivity contribution in [3.63, 3.8) is 0 Å². The van der Waals surface area contributed by atoms with Gasteiger partial charge in [0.1, 0.15) is 5.92 Å². The van der Waals surface area contributed by atoms with Crippen LogP contribution in [0.5, 0.6) is 0 Å². The van der Waals surface area contributed by atoms with Gasteiger partial charge in [0.2, 0.25) is 0 Å². The van der Waals surface area contributed by atoms with Crippen LogP contribution in [0.4, 0.5) is 0 Å². The number of nitriles is 1. The van der Waals surface area contributed by atoms with Gasteiger partial charge in [-0.1, -0.05) is 6.07 Å². The first-order valence-electron chi connectivity index (χ1n) is 3.77. The van der Waals surface area contributed by atoms with Crippen LogP contribution in [0.1, 0.15) is 4.88 Å². The van der Waals surface area contributed by atoms with Crippen molar-refractivity contribution in [2.24, 2.45) is 5.92 Å². The Kier molecular flexibility index (Phi) is 3.47. The highest BCUT2D eigenvalue weighted by Gasteiger charge is 2.18. The lowest BCUT2D eigenvalue weighted by Crippen LogP contribution is -2.16. The Morgan fingerprint density at radius 3 is 3.08 bits per heavy atom. The molecule has 0 aliphatic carbocycles. The minimum atomic E-state index is -0.677. The molecule has 1 aromatic rings. The van der Waals surface area contributed by atoms with E-state index in [1.54, 1.807) is 0 Å². The summed E-state index contributed by atoms with van der Waals surface area (Å²) < 4.78 is 4.50. The summed E-state index contributed by atoms with van der Waals surface area (Å²) in [5.41, 5.74) is 0. The fraction of sp³-hybridized carbons (Fsp3) is 0.333. The first kappa shape index (κ1) is 9.75. The molecule has 68 valence electrons. The fourth-order valence-corrected chi connectivity index (χ4v) is 1.71. The van der Waals surface area contributed by atoms with Crippen molar-refractivity contribution in [2.75, 3.05) is 7.11 Å². The van der Waals surface area contributed by atoms with Crippen molar-refractivity contribution < 1.29 is 9.53 Å². The predicted octanol–water partition coefficient (Wildman–Crippen LogP) is 1.60. The summed E-state index contributed by atoms with van der Waals surface area (Å²) in [6.07, 6.45) is 0.445. The van der Waals surface area contributed by atoms with E-state index in [2.05, 4.69) is 4.74 Å². The van der Waals surface area contributed by atoms with Gasteiger partial charge < -0.3 is 4.74 Å². The van der Waals surface area contributed by atoms with Gasteiger partial charge in [-0.05, 0) is 11.4 Å². The summed E-state index contributed by atoms with van der Waals surface area (Å²) in [4.78, 5) is 12.1. The molecule has 0 amide bonds. The summed E-state index contributed by atoms with van der Waals surface area (Å²) in [5, 5.41) is 10.6. The maximum atomic E-state index is 11.0. The summed E-state index contributed by atoms with van der Waals surface area (Å²) in [7, 11) is 1.29. The zero-order valence-corrected chi connectivity index (χ0v) is 8.00. The van der Waals surface area contributed by atoms with E-state index in [0.29, 0.717) is 6.42 Å². The number of rotatable bonds is 3. The van der Waals surface area contributed by atoms with Crippen molar-refractivity contribution in [1.29, 1.82) is 5.26 Å². The Morgan fingerprint density at radius 2 is 2.62 bits per heavy atom. The number of esters is 1. The minimum Gasteiger partial charge on any atom is -0.468 e. The Bertz CT molecular complexity index is 313. The van der Waals surface area contributed by atoms with E-state index >= 15 is 0 Å². The van der Waals surface area contributed by atoms with Crippen LogP contribution in [0, 0.1) is 17.2 Å². The molecule has 1 aromatic heterocycles. The molecule has 1 unspecified atom stereocenters. The molecule has 0 aliphatic rings. The summed E-state index contributed by atoms with van der Waals surface area (Å²) in [6.45, 7) is 0. The second-order valence-corrected chi connectivity index (χ2v) is 3.52. The number of hydrogen-bond acceptors (Lipinski definition) is 4. The molecule has 0 aliphatic heterocycles. The highest BCUT2D eigenvalue weighted by Crippen LogP contribution is 2.14. The zero-order chi connectivity index (χ0) is 9.68. The SMILES string of the molecule is COC(=O)C(C#N)Cc1cccs1. The largest absolute Gasteiger partial charge is 0.468 e. The summed E-state index contributed by atoms with van der Waals surface area (Å²) >= 11 is 1.54. The molecular formula is C9H9NO2S. The molecule has 0 aromatic carbocycles. The molecule has 0 radical (unpaired) electrons. The van der Waals surface area contributed by atoms with Gasteiger partial charge in [-0.3, -0.25) is 4.79 Å². The van der Waals surface area contributed by atoms with Gasteiger partial charge in [-0.2, -0.15) is 5.26 Å². The van der Waals surface area contributed by atoms with E-state index in [0.717, 1.165) is 4.88 Å². The van der Waals surface area contributed by atoms with Crippen LogP contribution < -0.4 is 0 Å². The standard InChI is InChI=1S/C9H9NO2S/c1-12-9(11)7(6-10)5-8-3-2-4-13-8/h2-4,7H,5H2,1H3. The number of thiophene rings is 1. The van der Waals surface area contributed by atoms with E-state index in [1.807, 2.05) is 23.6 Å². The lowest BCUT2D eigenvalue weighted by atomic mass is 10.1. The monoisotopic (exact) mass is 195 g/mol. The predicted molar refractivity (Wildman–Crippen MR) is 49.1 cm³/mol. The first-order valence-corrected chi connectivity index (χ1v) is 4.65. The lowest BCUT2D eigenvalue weighted by molar-refractivity contribution is -0.143. The molecule has 1 rings (SSSR count).